The van der Waals surface area contributed by atoms with Gasteiger partial charge >= 0.3 is 0 Å². The summed E-state index contributed by atoms with van der Waals surface area (Å²) in [5, 5.41) is 8.46. The predicted molar refractivity (Wildman–Crippen MR) is 105 cm³/mol. The van der Waals surface area contributed by atoms with E-state index in [9.17, 15) is 4.79 Å². The minimum Gasteiger partial charge on any atom is -0.351 e. The molecule has 0 unspecified atom stereocenters. The number of amides is 1. The van der Waals surface area contributed by atoms with Crippen LogP contribution in [0.4, 0.5) is 0 Å². The van der Waals surface area contributed by atoms with Crippen LogP contribution >= 0.6 is 0 Å². The number of nitrogens with zero attached hydrogens (tertiary/aromatic N) is 4. The second-order valence-electron chi connectivity index (χ2n) is 7.96. The Morgan fingerprint density at radius 3 is 2.54 bits per heavy atom. The second kappa shape index (κ2) is 7.35. The van der Waals surface area contributed by atoms with Gasteiger partial charge < -0.3 is 5.32 Å². The molecule has 2 aromatic rings. The van der Waals surface area contributed by atoms with Crippen LogP contribution in [0, 0.1) is 6.92 Å². The first kappa shape index (κ1) is 18.8. The lowest BCUT2D eigenvalue weighted by molar-refractivity contribution is 0.0941. The number of fused-ring (bicyclic) bond motifs is 1. The molecule has 0 saturated heterocycles. The fourth-order valence-corrected chi connectivity index (χ4v) is 3.74. The van der Waals surface area contributed by atoms with E-state index in [1.165, 1.54) is 0 Å². The van der Waals surface area contributed by atoms with Crippen molar-refractivity contribution >= 4 is 16.9 Å². The highest BCUT2D eigenvalue weighted by Gasteiger charge is 2.28. The number of pyridine rings is 1. The number of nitrogens with one attached hydrogen (secondary N) is 1. The fraction of sp³-hybridized carbons (Fsp3) is 0.650. The summed E-state index contributed by atoms with van der Waals surface area (Å²) in [5.41, 5.74) is 3.40. The molecule has 0 radical (unpaired) electrons. The quantitative estimate of drug-likeness (QED) is 0.827. The molecule has 0 aliphatic heterocycles. The molecule has 2 aromatic heterocycles. The molecule has 1 amide bonds. The first-order valence-electron chi connectivity index (χ1n) is 9.67. The molecule has 1 aliphatic rings. The van der Waals surface area contributed by atoms with E-state index in [-0.39, 0.29) is 5.91 Å². The van der Waals surface area contributed by atoms with Gasteiger partial charge in [0.05, 0.1) is 16.6 Å². The molecule has 1 aliphatic carbocycles. The molecule has 2 heterocycles. The van der Waals surface area contributed by atoms with E-state index in [2.05, 4.69) is 43.0 Å². The van der Waals surface area contributed by atoms with Crippen molar-refractivity contribution < 1.29 is 4.79 Å². The Kier molecular flexibility index (Phi) is 5.32. The van der Waals surface area contributed by atoms with Gasteiger partial charge in [-0.2, -0.15) is 5.10 Å². The zero-order valence-electron chi connectivity index (χ0n) is 16.8. The normalized spacial score (nSPS) is 14.8. The third-order valence-corrected chi connectivity index (χ3v) is 5.21. The van der Waals surface area contributed by atoms with Crippen LogP contribution < -0.4 is 5.32 Å². The summed E-state index contributed by atoms with van der Waals surface area (Å²) >= 11 is 0. The summed E-state index contributed by atoms with van der Waals surface area (Å²) < 4.78 is 1.78. The van der Waals surface area contributed by atoms with Crippen LogP contribution in [0.2, 0.25) is 0 Å². The average Bonchev–Trinajstić information content (AvgIpc) is 3.37. The highest BCUT2D eigenvalue weighted by atomic mass is 16.1. The lowest BCUT2D eigenvalue weighted by Gasteiger charge is -2.30. The van der Waals surface area contributed by atoms with E-state index in [0.29, 0.717) is 30.1 Å². The molecule has 0 bridgehead atoms. The number of hydrogen-bond donors (Lipinski definition) is 1. The Labute approximate surface area is 156 Å². The van der Waals surface area contributed by atoms with Gasteiger partial charge in [-0.05, 0) is 53.5 Å². The molecular weight excluding hydrogens is 326 g/mol. The molecule has 0 atom stereocenters. The molecule has 142 valence electrons. The largest absolute Gasteiger partial charge is 0.351 e. The van der Waals surface area contributed by atoms with Crippen LogP contribution in [-0.4, -0.2) is 50.7 Å². The van der Waals surface area contributed by atoms with Crippen molar-refractivity contribution in [2.24, 2.45) is 7.05 Å². The molecule has 26 heavy (non-hydrogen) atoms. The Morgan fingerprint density at radius 2 is 1.96 bits per heavy atom. The first-order valence-corrected chi connectivity index (χ1v) is 9.67. The number of aryl methyl sites for hydroxylation is 2. The van der Waals surface area contributed by atoms with Gasteiger partial charge in [0.2, 0.25) is 0 Å². The van der Waals surface area contributed by atoms with E-state index in [4.69, 9.17) is 4.98 Å². The van der Waals surface area contributed by atoms with Gasteiger partial charge in [-0.25, -0.2) is 4.98 Å². The summed E-state index contributed by atoms with van der Waals surface area (Å²) in [6.07, 6.45) is 2.32. The molecule has 1 fully saturated rings. The Bertz CT molecular complexity index is 796. The molecule has 0 aromatic carbocycles. The van der Waals surface area contributed by atoms with Gasteiger partial charge in [-0.1, -0.05) is 0 Å². The number of aromatic nitrogens is 3. The third-order valence-electron chi connectivity index (χ3n) is 5.21. The number of carbonyl (C=O) groups excluding carboxylic acids is 1. The van der Waals surface area contributed by atoms with Gasteiger partial charge in [0.25, 0.3) is 5.91 Å². The summed E-state index contributed by atoms with van der Waals surface area (Å²) in [4.78, 5) is 20.1. The predicted octanol–water partition coefficient (Wildman–Crippen LogP) is 3.00. The summed E-state index contributed by atoms with van der Waals surface area (Å²) in [6, 6.07) is 2.90. The molecule has 0 spiro atoms. The zero-order valence-corrected chi connectivity index (χ0v) is 16.8. The van der Waals surface area contributed by atoms with Gasteiger partial charge in [0.15, 0.2) is 5.65 Å². The average molecular weight is 358 g/mol. The summed E-state index contributed by atoms with van der Waals surface area (Å²) in [6.45, 7) is 12.2. The van der Waals surface area contributed by atoms with Crippen molar-refractivity contribution in [3.05, 3.63) is 23.0 Å². The number of hydrogen-bond acceptors (Lipinski definition) is 4. The maximum atomic E-state index is 12.9. The first-order chi connectivity index (χ1) is 12.3. The van der Waals surface area contributed by atoms with Crippen LogP contribution in [0.15, 0.2) is 6.07 Å². The van der Waals surface area contributed by atoms with Crippen LogP contribution in [0.25, 0.3) is 11.0 Å². The number of carbonyl (C=O) groups is 1. The van der Waals surface area contributed by atoms with Crippen LogP contribution in [0.5, 0.6) is 0 Å². The standard InChI is InChI=1S/C20H31N5O/c1-12(2)25(13(3)4)10-9-21-20(26)16-11-17(15-7-8-15)22-19-18(16)14(5)23-24(19)6/h11-13,15H,7-10H2,1-6H3,(H,21,26). The van der Waals surface area contributed by atoms with Crippen molar-refractivity contribution in [2.45, 2.75) is 65.5 Å². The monoisotopic (exact) mass is 357 g/mol. The van der Waals surface area contributed by atoms with Crippen LogP contribution in [-0.2, 0) is 7.05 Å². The van der Waals surface area contributed by atoms with E-state index in [1.54, 1.807) is 4.68 Å². The van der Waals surface area contributed by atoms with Crippen molar-refractivity contribution in [1.29, 1.82) is 0 Å². The molecule has 6 nitrogen and oxygen atoms in total. The lowest BCUT2D eigenvalue weighted by atomic mass is 10.1. The molecule has 1 N–H and O–H groups in total. The molecule has 3 rings (SSSR count). The van der Waals surface area contributed by atoms with Gasteiger partial charge in [0.1, 0.15) is 0 Å². The summed E-state index contributed by atoms with van der Waals surface area (Å²) in [7, 11) is 1.89. The van der Waals surface area contributed by atoms with Crippen LogP contribution in [0.3, 0.4) is 0 Å². The van der Waals surface area contributed by atoms with Gasteiger partial charge in [0, 0.05) is 43.8 Å². The van der Waals surface area contributed by atoms with E-state index < -0.39 is 0 Å². The van der Waals surface area contributed by atoms with Gasteiger partial charge in [-0.15, -0.1) is 0 Å². The van der Waals surface area contributed by atoms with Crippen molar-refractivity contribution in [1.82, 2.24) is 25.0 Å². The Balaban J connectivity index is 1.81. The Morgan fingerprint density at radius 1 is 1.31 bits per heavy atom. The van der Waals surface area contributed by atoms with Crippen molar-refractivity contribution in [3.63, 3.8) is 0 Å². The zero-order chi connectivity index (χ0) is 19.0. The summed E-state index contributed by atoms with van der Waals surface area (Å²) in [5.74, 6) is 0.474. The van der Waals surface area contributed by atoms with Crippen LogP contribution in [0.1, 0.15) is 68.2 Å². The van der Waals surface area contributed by atoms with E-state index >= 15 is 0 Å². The SMILES string of the molecule is Cc1nn(C)c2nc(C3CC3)cc(C(=O)NCCN(C(C)C)C(C)C)c12. The topological polar surface area (TPSA) is 63.1 Å². The molecule has 1 saturated carbocycles. The smallest absolute Gasteiger partial charge is 0.252 e. The van der Waals surface area contributed by atoms with Gasteiger partial charge in [-0.3, -0.25) is 14.4 Å². The third kappa shape index (κ3) is 3.75. The maximum absolute atomic E-state index is 12.9. The highest BCUT2D eigenvalue weighted by molar-refractivity contribution is 6.06. The molecular formula is C20H31N5O. The molecule has 6 heteroatoms. The van der Waals surface area contributed by atoms with E-state index in [0.717, 1.165) is 41.8 Å². The minimum atomic E-state index is -0.0251. The number of rotatable bonds is 7. The lowest BCUT2D eigenvalue weighted by Crippen LogP contribution is -2.42. The van der Waals surface area contributed by atoms with Crippen molar-refractivity contribution in [2.75, 3.05) is 13.1 Å². The minimum absolute atomic E-state index is 0.0251. The Hall–Kier alpha value is -1.95. The second-order valence-corrected chi connectivity index (χ2v) is 7.96. The highest BCUT2D eigenvalue weighted by Crippen LogP contribution is 2.40. The maximum Gasteiger partial charge on any atom is 0.252 e. The fourth-order valence-electron chi connectivity index (χ4n) is 3.74. The van der Waals surface area contributed by atoms with Crippen molar-refractivity contribution in [3.8, 4) is 0 Å². The van der Waals surface area contributed by atoms with E-state index in [1.807, 2.05) is 20.0 Å².